The van der Waals surface area contributed by atoms with Crippen LogP contribution in [0.15, 0.2) is 12.4 Å². The van der Waals surface area contributed by atoms with Gasteiger partial charge >= 0.3 is 0 Å². The Balaban J connectivity index is 1.82. The van der Waals surface area contributed by atoms with Gasteiger partial charge in [0.15, 0.2) is 0 Å². The molecule has 2 heterocycles. The van der Waals surface area contributed by atoms with E-state index in [0.717, 1.165) is 38.6 Å². The standard InChI is InChI=1S/C13H23N5O/c1-17(13-8-15-7-12(14)16-13)9-11-3-4-18(10-11)5-6-19-2/h7-8,11H,3-6,9-10H2,1-2H3,(H2,14,16). The molecule has 6 heteroatoms. The van der Waals surface area contributed by atoms with Gasteiger partial charge in [-0.15, -0.1) is 0 Å². The summed E-state index contributed by atoms with van der Waals surface area (Å²) in [5.41, 5.74) is 5.66. The van der Waals surface area contributed by atoms with E-state index in [1.165, 1.54) is 6.42 Å². The number of nitrogens with zero attached hydrogens (tertiary/aromatic N) is 4. The minimum absolute atomic E-state index is 0.470. The average molecular weight is 265 g/mol. The Morgan fingerprint density at radius 2 is 2.37 bits per heavy atom. The van der Waals surface area contributed by atoms with Gasteiger partial charge in [0.05, 0.1) is 19.0 Å². The number of aromatic nitrogens is 2. The van der Waals surface area contributed by atoms with Crippen molar-refractivity contribution in [2.75, 3.05) is 57.6 Å². The lowest BCUT2D eigenvalue weighted by Gasteiger charge is -2.22. The summed E-state index contributed by atoms with van der Waals surface area (Å²) in [6.45, 7) is 5.10. The lowest BCUT2D eigenvalue weighted by atomic mass is 10.1. The molecule has 2 N–H and O–H groups in total. The molecular weight excluding hydrogens is 242 g/mol. The SMILES string of the molecule is COCCN1CCC(CN(C)c2cncc(N)n2)C1. The second-order valence-corrected chi connectivity index (χ2v) is 5.13. The first-order chi connectivity index (χ1) is 9.19. The molecule has 0 amide bonds. The molecular formula is C13H23N5O. The first-order valence-corrected chi connectivity index (χ1v) is 6.69. The highest BCUT2D eigenvalue weighted by atomic mass is 16.5. The summed E-state index contributed by atoms with van der Waals surface area (Å²) in [5, 5.41) is 0. The molecule has 106 valence electrons. The summed E-state index contributed by atoms with van der Waals surface area (Å²) in [7, 11) is 3.79. The summed E-state index contributed by atoms with van der Waals surface area (Å²) in [6.07, 6.45) is 4.55. The van der Waals surface area contributed by atoms with Crippen molar-refractivity contribution in [3.63, 3.8) is 0 Å². The molecule has 0 aliphatic carbocycles. The second kappa shape index (κ2) is 6.68. The van der Waals surface area contributed by atoms with Crippen molar-refractivity contribution in [2.24, 2.45) is 5.92 Å². The molecule has 1 aliphatic rings. The van der Waals surface area contributed by atoms with Gasteiger partial charge in [0.2, 0.25) is 0 Å². The van der Waals surface area contributed by atoms with E-state index in [9.17, 15) is 0 Å². The molecule has 0 spiro atoms. The Labute approximate surface area is 114 Å². The van der Waals surface area contributed by atoms with Crippen molar-refractivity contribution < 1.29 is 4.74 Å². The average Bonchev–Trinajstić information content (AvgIpc) is 2.84. The van der Waals surface area contributed by atoms with Crippen LogP contribution in [0.4, 0.5) is 11.6 Å². The summed E-state index contributed by atoms with van der Waals surface area (Å²) in [5.74, 6) is 1.98. The predicted octanol–water partition coefficient (Wildman–Crippen LogP) is 0.463. The summed E-state index contributed by atoms with van der Waals surface area (Å²) >= 11 is 0. The van der Waals surface area contributed by atoms with Crippen LogP contribution < -0.4 is 10.6 Å². The molecule has 0 radical (unpaired) electrons. The van der Waals surface area contributed by atoms with Crippen molar-refractivity contribution in [3.05, 3.63) is 12.4 Å². The van der Waals surface area contributed by atoms with Crippen molar-refractivity contribution >= 4 is 11.6 Å². The minimum atomic E-state index is 0.470. The molecule has 1 unspecified atom stereocenters. The highest BCUT2D eigenvalue weighted by Crippen LogP contribution is 2.19. The van der Waals surface area contributed by atoms with Gasteiger partial charge in [0.1, 0.15) is 11.6 Å². The van der Waals surface area contributed by atoms with Crippen LogP contribution in [0.1, 0.15) is 6.42 Å². The van der Waals surface area contributed by atoms with E-state index < -0.39 is 0 Å². The molecule has 6 nitrogen and oxygen atoms in total. The Kier molecular flexibility index (Phi) is 4.93. The quantitative estimate of drug-likeness (QED) is 0.806. The van der Waals surface area contributed by atoms with E-state index >= 15 is 0 Å². The van der Waals surface area contributed by atoms with Gasteiger partial charge in [-0.05, 0) is 18.9 Å². The number of ether oxygens (including phenoxy) is 1. The Morgan fingerprint density at radius 3 is 3.11 bits per heavy atom. The maximum absolute atomic E-state index is 5.66. The third kappa shape index (κ3) is 4.04. The zero-order valence-corrected chi connectivity index (χ0v) is 11.7. The first-order valence-electron chi connectivity index (χ1n) is 6.69. The van der Waals surface area contributed by atoms with Crippen LogP contribution in [0.5, 0.6) is 0 Å². The number of hydrogen-bond donors (Lipinski definition) is 1. The van der Waals surface area contributed by atoms with Gasteiger partial charge in [-0.1, -0.05) is 0 Å². The number of rotatable bonds is 6. The largest absolute Gasteiger partial charge is 0.383 e. The zero-order chi connectivity index (χ0) is 13.7. The van der Waals surface area contributed by atoms with E-state index in [4.69, 9.17) is 10.5 Å². The summed E-state index contributed by atoms with van der Waals surface area (Å²) in [6, 6.07) is 0. The Morgan fingerprint density at radius 1 is 1.53 bits per heavy atom. The van der Waals surface area contributed by atoms with Crippen molar-refractivity contribution in [1.82, 2.24) is 14.9 Å². The minimum Gasteiger partial charge on any atom is -0.383 e. The number of nitrogens with two attached hydrogens (primary N) is 1. The third-order valence-corrected chi connectivity index (χ3v) is 3.55. The molecule has 1 saturated heterocycles. The van der Waals surface area contributed by atoms with Crippen LogP contribution in [-0.2, 0) is 4.74 Å². The van der Waals surface area contributed by atoms with E-state index in [2.05, 4.69) is 19.8 Å². The number of methoxy groups -OCH3 is 1. The molecule has 0 aromatic carbocycles. The monoisotopic (exact) mass is 265 g/mol. The number of anilines is 2. The summed E-state index contributed by atoms with van der Waals surface area (Å²) in [4.78, 5) is 13.0. The molecule has 1 aromatic heterocycles. The smallest absolute Gasteiger partial charge is 0.149 e. The second-order valence-electron chi connectivity index (χ2n) is 5.13. The van der Waals surface area contributed by atoms with Gasteiger partial charge in [-0.25, -0.2) is 4.98 Å². The van der Waals surface area contributed by atoms with Crippen molar-refractivity contribution in [2.45, 2.75) is 6.42 Å². The molecule has 1 aromatic rings. The fourth-order valence-corrected chi connectivity index (χ4v) is 2.52. The van der Waals surface area contributed by atoms with Crippen molar-refractivity contribution in [3.8, 4) is 0 Å². The fourth-order valence-electron chi connectivity index (χ4n) is 2.52. The van der Waals surface area contributed by atoms with E-state index in [1.54, 1.807) is 19.5 Å². The van der Waals surface area contributed by atoms with Gasteiger partial charge in [0, 0.05) is 33.8 Å². The number of likely N-dealkylation sites (tertiary alicyclic amines) is 1. The predicted molar refractivity (Wildman–Crippen MR) is 76.1 cm³/mol. The molecule has 0 saturated carbocycles. The van der Waals surface area contributed by atoms with Crippen LogP contribution in [0.25, 0.3) is 0 Å². The van der Waals surface area contributed by atoms with E-state index in [-0.39, 0.29) is 0 Å². The van der Waals surface area contributed by atoms with Crippen molar-refractivity contribution in [1.29, 1.82) is 0 Å². The molecule has 1 aliphatic heterocycles. The molecule has 2 rings (SSSR count). The molecule has 0 bridgehead atoms. The van der Waals surface area contributed by atoms with Crippen LogP contribution in [0.3, 0.4) is 0 Å². The normalized spacial score (nSPS) is 19.8. The lowest BCUT2D eigenvalue weighted by molar-refractivity contribution is 0.159. The van der Waals surface area contributed by atoms with Crippen LogP contribution >= 0.6 is 0 Å². The van der Waals surface area contributed by atoms with Crippen LogP contribution in [0.2, 0.25) is 0 Å². The van der Waals surface area contributed by atoms with E-state index in [1.807, 2.05) is 7.05 Å². The van der Waals surface area contributed by atoms with E-state index in [0.29, 0.717) is 11.7 Å². The Hall–Kier alpha value is -1.40. The van der Waals surface area contributed by atoms with Gasteiger partial charge in [-0.2, -0.15) is 0 Å². The maximum Gasteiger partial charge on any atom is 0.149 e. The van der Waals surface area contributed by atoms with Gasteiger partial charge in [0.25, 0.3) is 0 Å². The highest BCUT2D eigenvalue weighted by Gasteiger charge is 2.23. The lowest BCUT2D eigenvalue weighted by Crippen LogP contribution is -2.30. The molecule has 1 atom stereocenters. The zero-order valence-electron chi connectivity index (χ0n) is 11.7. The van der Waals surface area contributed by atoms with Crippen LogP contribution in [-0.4, -0.2) is 61.8 Å². The van der Waals surface area contributed by atoms with Gasteiger partial charge in [-0.3, -0.25) is 4.98 Å². The third-order valence-electron chi connectivity index (χ3n) is 3.55. The van der Waals surface area contributed by atoms with Crippen LogP contribution in [0, 0.1) is 5.92 Å². The summed E-state index contributed by atoms with van der Waals surface area (Å²) < 4.78 is 5.12. The maximum atomic E-state index is 5.66. The molecule has 1 fully saturated rings. The highest BCUT2D eigenvalue weighted by molar-refractivity contribution is 5.40. The number of nitrogen functional groups attached to an aromatic ring is 1. The fraction of sp³-hybridized carbons (Fsp3) is 0.692. The Bertz CT molecular complexity index is 400. The topological polar surface area (TPSA) is 67.5 Å². The first kappa shape index (κ1) is 14.0. The molecule has 19 heavy (non-hydrogen) atoms. The number of hydrogen-bond acceptors (Lipinski definition) is 6. The van der Waals surface area contributed by atoms with Gasteiger partial charge < -0.3 is 20.3 Å².